The normalized spacial score (nSPS) is 9.91. The molecule has 3 nitrogen and oxygen atoms in total. The molecule has 0 atom stereocenters. The van der Waals surface area contributed by atoms with Crippen LogP contribution in [0.4, 0.5) is 0 Å². The minimum atomic E-state index is 0.325. The van der Waals surface area contributed by atoms with Gasteiger partial charge in [-0.15, -0.1) is 0 Å². The zero-order valence-corrected chi connectivity index (χ0v) is 6.37. The van der Waals surface area contributed by atoms with E-state index in [1.807, 2.05) is 6.07 Å². The average molecular weight is 154 g/mol. The van der Waals surface area contributed by atoms with E-state index in [-0.39, 0.29) is 0 Å². The predicted octanol–water partition coefficient (Wildman–Crippen LogP) is 1.17. The Kier molecular flexibility index (Phi) is 2.86. The summed E-state index contributed by atoms with van der Waals surface area (Å²) in [5, 5.41) is 0. The standard InChI is InChI=1S/C8H10O3/c1-10-6-7-3-5-11-8(7)2-4-9/h3-5H,2,6H2,1H3. The molecule has 11 heavy (non-hydrogen) atoms. The monoisotopic (exact) mass is 154 g/mol. The highest BCUT2D eigenvalue weighted by molar-refractivity contribution is 5.54. The summed E-state index contributed by atoms with van der Waals surface area (Å²) >= 11 is 0. The topological polar surface area (TPSA) is 39.4 Å². The van der Waals surface area contributed by atoms with Crippen LogP contribution in [0.3, 0.4) is 0 Å². The molecule has 0 N–H and O–H groups in total. The van der Waals surface area contributed by atoms with Gasteiger partial charge in [-0.1, -0.05) is 0 Å². The number of carbonyl (C=O) groups is 1. The molecule has 0 fully saturated rings. The first-order valence-electron chi connectivity index (χ1n) is 3.36. The second kappa shape index (κ2) is 3.93. The van der Waals surface area contributed by atoms with Gasteiger partial charge in [0.1, 0.15) is 12.0 Å². The van der Waals surface area contributed by atoms with Crippen LogP contribution in [0.25, 0.3) is 0 Å². The van der Waals surface area contributed by atoms with Crippen molar-refractivity contribution in [2.24, 2.45) is 0 Å². The van der Waals surface area contributed by atoms with Gasteiger partial charge in [0.25, 0.3) is 0 Å². The van der Waals surface area contributed by atoms with Crippen molar-refractivity contribution in [3.63, 3.8) is 0 Å². The summed E-state index contributed by atoms with van der Waals surface area (Å²) in [6.07, 6.45) is 2.71. The van der Waals surface area contributed by atoms with Gasteiger partial charge in [0.15, 0.2) is 0 Å². The van der Waals surface area contributed by atoms with Crippen LogP contribution >= 0.6 is 0 Å². The fraction of sp³-hybridized carbons (Fsp3) is 0.375. The minimum absolute atomic E-state index is 0.325. The van der Waals surface area contributed by atoms with Crippen molar-refractivity contribution >= 4 is 6.29 Å². The smallest absolute Gasteiger partial charge is 0.127 e. The van der Waals surface area contributed by atoms with Crippen LogP contribution in [-0.4, -0.2) is 13.4 Å². The van der Waals surface area contributed by atoms with E-state index in [9.17, 15) is 4.79 Å². The summed E-state index contributed by atoms with van der Waals surface area (Å²) < 4.78 is 9.94. The van der Waals surface area contributed by atoms with Crippen molar-refractivity contribution in [2.45, 2.75) is 13.0 Å². The first-order chi connectivity index (χ1) is 5.38. The number of aldehydes is 1. The zero-order valence-electron chi connectivity index (χ0n) is 6.37. The van der Waals surface area contributed by atoms with E-state index in [4.69, 9.17) is 9.15 Å². The van der Waals surface area contributed by atoms with Gasteiger partial charge < -0.3 is 13.9 Å². The van der Waals surface area contributed by atoms with Gasteiger partial charge in [0, 0.05) is 12.7 Å². The van der Waals surface area contributed by atoms with Crippen LogP contribution in [0.5, 0.6) is 0 Å². The summed E-state index contributed by atoms with van der Waals surface area (Å²) in [5.41, 5.74) is 0.944. The molecule has 1 aromatic heterocycles. The van der Waals surface area contributed by atoms with Crippen LogP contribution in [0.1, 0.15) is 11.3 Å². The number of hydrogen-bond donors (Lipinski definition) is 0. The molecule has 0 aliphatic rings. The quantitative estimate of drug-likeness (QED) is 0.611. The molecule has 1 aromatic rings. The SMILES string of the molecule is COCc1ccoc1CC=O. The van der Waals surface area contributed by atoms with E-state index in [2.05, 4.69) is 0 Å². The van der Waals surface area contributed by atoms with Crippen LogP contribution < -0.4 is 0 Å². The number of methoxy groups -OCH3 is 1. The van der Waals surface area contributed by atoms with E-state index < -0.39 is 0 Å². The second-order valence-electron chi connectivity index (χ2n) is 2.17. The maximum atomic E-state index is 10.1. The van der Waals surface area contributed by atoms with E-state index in [0.29, 0.717) is 18.8 Å². The Labute approximate surface area is 65.0 Å². The fourth-order valence-electron chi connectivity index (χ4n) is 0.906. The summed E-state index contributed by atoms with van der Waals surface area (Å²) in [6.45, 7) is 0.500. The first-order valence-corrected chi connectivity index (χ1v) is 3.36. The Morgan fingerprint density at radius 2 is 2.55 bits per heavy atom. The van der Waals surface area contributed by atoms with Gasteiger partial charge in [-0.2, -0.15) is 0 Å². The third-order valence-electron chi connectivity index (χ3n) is 1.41. The molecule has 1 rings (SSSR count). The van der Waals surface area contributed by atoms with Gasteiger partial charge in [0.05, 0.1) is 19.3 Å². The number of rotatable bonds is 4. The molecule has 0 aromatic carbocycles. The minimum Gasteiger partial charge on any atom is -0.469 e. The highest BCUT2D eigenvalue weighted by Gasteiger charge is 2.03. The number of carbonyl (C=O) groups excluding carboxylic acids is 1. The van der Waals surface area contributed by atoms with Crippen molar-refractivity contribution in [1.82, 2.24) is 0 Å². The van der Waals surface area contributed by atoms with Crippen LogP contribution in [-0.2, 0) is 22.6 Å². The maximum absolute atomic E-state index is 10.1. The highest BCUT2D eigenvalue weighted by atomic mass is 16.5. The van der Waals surface area contributed by atoms with Gasteiger partial charge in [0.2, 0.25) is 0 Å². The summed E-state index contributed by atoms with van der Waals surface area (Å²) in [4.78, 5) is 10.1. The Morgan fingerprint density at radius 3 is 3.18 bits per heavy atom. The van der Waals surface area contributed by atoms with E-state index >= 15 is 0 Å². The van der Waals surface area contributed by atoms with Crippen LogP contribution in [0.2, 0.25) is 0 Å². The molecule has 3 heteroatoms. The Bertz CT molecular complexity index is 227. The molecule has 0 aliphatic carbocycles. The van der Waals surface area contributed by atoms with Crippen molar-refractivity contribution in [2.75, 3.05) is 7.11 Å². The summed E-state index contributed by atoms with van der Waals surface area (Å²) in [7, 11) is 1.61. The lowest BCUT2D eigenvalue weighted by Gasteiger charge is -1.95. The first kappa shape index (κ1) is 8.01. The lowest BCUT2D eigenvalue weighted by atomic mass is 10.2. The molecule has 0 saturated heterocycles. The van der Waals surface area contributed by atoms with Crippen LogP contribution in [0.15, 0.2) is 16.7 Å². The Hall–Kier alpha value is -1.09. The highest BCUT2D eigenvalue weighted by Crippen LogP contribution is 2.10. The predicted molar refractivity (Wildman–Crippen MR) is 39.2 cm³/mol. The molecule has 0 saturated carbocycles. The molecule has 0 bridgehead atoms. The second-order valence-corrected chi connectivity index (χ2v) is 2.17. The number of ether oxygens (including phenoxy) is 1. The molecule has 0 amide bonds. The molecule has 1 heterocycles. The molecule has 0 aliphatic heterocycles. The average Bonchev–Trinajstić information content (AvgIpc) is 2.39. The lowest BCUT2D eigenvalue weighted by molar-refractivity contribution is -0.107. The Morgan fingerprint density at radius 1 is 1.73 bits per heavy atom. The van der Waals surface area contributed by atoms with Crippen molar-refractivity contribution in [3.05, 3.63) is 23.7 Å². The van der Waals surface area contributed by atoms with Crippen molar-refractivity contribution in [3.8, 4) is 0 Å². The number of hydrogen-bond acceptors (Lipinski definition) is 3. The van der Waals surface area contributed by atoms with Crippen molar-refractivity contribution in [1.29, 1.82) is 0 Å². The largest absolute Gasteiger partial charge is 0.469 e. The Balaban J connectivity index is 2.69. The molecular weight excluding hydrogens is 144 g/mol. The summed E-state index contributed by atoms with van der Waals surface area (Å²) in [5.74, 6) is 0.696. The summed E-state index contributed by atoms with van der Waals surface area (Å²) in [6, 6.07) is 1.81. The van der Waals surface area contributed by atoms with Gasteiger partial charge >= 0.3 is 0 Å². The van der Waals surface area contributed by atoms with Crippen molar-refractivity contribution < 1.29 is 13.9 Å². The third-order valence-corrected chi connectivity index (χ3v) is 1.41. The lowest BCUT2D eigenvalue weighted by Crippen LogP contribution is -1.91. The van der Waals surface area contributed by atoms with Crippen LogP contribution in [0, 0.1) is 0 Å². The van der Waals surface area contributed by atoms with E-state index in [0.717, 1.165) is 11.8 Å². The third kappa shape index (κ3) is 1.91. The van der Waals surface area contributed by atoms with Gasteiger partial charge in [-0.3, -0.25) is 0 Å². The number of furan rings is 1. The molecular formula is C8H10O3. The zero-order chi connectivity index (χ0) is 8.10. The molecule has 60 valence electrons. The van der Waals surface area contributed by atoms with Gasteiger partial charge in [-0.25, -0.2) is 0 Å². The molecule has 0 spiro atoms. The van der Waals surface area contributed by atoms with E-state index in [1.54, 1.807) is 13.4 Å². The molecule has 0 radical (unpaired) electrons. The van der Waals surface area contributed by atoms with Gasteiger partial charge in [-0.05, 0) is 6.07 Å². The maximum Gasteiger partial charge on any atom is 0.127 e. The van der Waals surface area contributed by atoms with E-state index in [1.165, 1.54) is 0 Å². The fourth-order valence-corrected chi connectivity index (χ4v) is 0.906. The molecule has 0 unspecified atom stereocenters.